The molecule has 1 rings (SSSR count). The van der Waals surface area contributed by atoms with E-state index in [9.17, 15) is 0 Å². The van der Waals surface area contributed by atoms with Crippen LogP contribution in [0.2, 0.25) is 0 Å². The lowest BCUT2D eigenvalue weighted by atomic mass is 9.93. The van der Waals surface area contributed by atoms with Gasteiger partial charge in [-0.2, -0.15) is 11.8 Å². The molecule has 0 spiro atoms. The van der Waals surface area contributed by atoms with Crippen LogP contribution in [-0.2, 0) is 0 Å². The van der Waals surface area contributed by atoms with Crippen LogP contribution in [0.5, 0.6) is 0 Å². The van der Waals surface area contributed by atoms with Gasteiger partial charge in [0.25, 0.3) is 0 Å². The van der Waals surface area contributed by atoms with Crippen molar-refractivity contribution in [2.75, 3.05) is 25.1 Å². The molecule has 1 saturated heterocycles. The Balaban J connectivity index is 2.34. The summed E-state index contributed by atoms with van der Waals surface area (Å²) in [6.07, 6.45) is 3.78. The molecule has 0 bridgehead atoms. The fraction of sp³-hybridized carbons (Fsp3) is 1.00. The first-order valence-electron chi connectivity index (χ1n) is 6.18. The summed E-state index contributed by atoms with van der Waals surface area (Å²) in [5, 5.41) is 0. The van der Waals surface area contributed by atoms with Gasteiger partial charge in [0.2, 0.25) is 0 Å². The summed E-state index contributed by atoms with van der Waals surface area (Å²) in [4.78, 5) is 2.44. The molecular formula is C12H26N2S. The summed E-state index contributed by atoms with van der Waals surface area (Å²) in [6.45, 7) is 5.79. The standard InChI is InChI=1S/C12H26N2S/c1-4-5-10(2)8-11(13)12-9-15-7-6-14(12)3/h10-12H,4-9,13H2,1-3H3. The molecule has 2 nitrogen and oxygen atoms in total. The zero-order valence-electron chi connectivity index (χ0n) is 10.4. The second kappa shape index (κ2) is 6.77. The van der Waals surface area contributed by atoms with Crippen molar-refractivity contribution >= 4 is 11.8 Å². The first-order chi connectivity index (χ1) is 7.15. The lowest BCUT2D eigenvalue weighted by Gasteiger charge is -2.37. The lowest BCUT2D eigenvalue weighted by Crippen LogP contribution is -2.51. The number of likely N-dealkylation sites (N-methyl/N-ethyl adjacent to an activating group) is 1. The third kappa shape index (κ3) is 4.33. The number of rotatable bonds is 5. The molecule has 90 valence electrons. The van der Waals surface area contributed by atoms with Crippen LogP contribution in [0.4, 0.5) is 0 Å². The van der Waals surface area contributed by atoms with Crippen molar-refractivity contribution in [2.45, 2.75) is 45.2 Å². The Morgan fingerprint density at radius 2 is 2.27 bits per heavy atom. The summed E-state index contributed by atoms with van der Waals surface area (Å²) in [6, 6.07) is 0.965. The van der Waals surface area contributed by atoms with E-state index >= 15 is 0 Å². The average Bonchev–Trinajstić information content (AvgIpc) is 2.18. The van der Waals surface area contributed by atoms with Gasteiger partial charge in [-0.25, -0.2) is 0 Å². The van der Waals surface area contributed by atoms with Crippen molar-refractivity contribution in [3.63, 3.8) is 0 Å². The van der Waals surface area contributed by atoms with Gasteiger partial charge in [-0.05, 0) is 19.4 Å². The van der Waals surface area contributed by atoms with Gasteiger partial charge in [-0.3, -0.25) is 0 Å². The van der Waals surface area contributed by atoms with Crippen molar-refractivity contribution in [2.24, 2.45) is 11.7 Å². The first-order valence-corrected chi connectivity index (χ1v) is 7.34. The zero-order valence-corrected chi connectivity index (χ0v) is 11.2. The Bertz CT molecular complexity index is 175. The van der Waals surface area contributed by atoms with Crippen LogP contribution in [0.15, 0.2) is 0 Å². The van der Waals surface area contributed by atoms with E-state index in [1.165, 1.54) is 37.3 Å². The molecule has 0 amide bonds. The van der Waals surface area contributed by atoms with Gasteiger partial charge < -0.3 is 10.6 Å². The lowest BCUT2D eigenvalue weighted by molar-refractivity contribution is 0.217. The van der Waals surface area contributed by atoms with Crippen molar-refractivity contribution in [3.05, 3.63) is 0 Å². The molecule has 1 aliphatic rings. The minimum absolute atomic E-state index is 0.365. The number of hydrogen-bond acceptors (Lipinski definition) is 3. The molecule has 0 aromatic heterocycles. The molecule has 3 atom stereocenters. The maximum absolute atomic E-state index is 6.32. The third-order valence-corrected chi connectivity index (χ3v) is 4.44. The highest BCUT2D eigenvalue weighted by atomic mass is 32.2. The monoisotopic (exact) mass is 230 g/mol. The summed E-state index contributed by atoms with van der Waals surface area (Å²) in [5.74, 6) is 3.27. The van der Waals surface area contributed by atoms with Gasteiger partial charge >= 0.3 is 0 Å². The third-order valence-electron chi connectivity index (χ3n) is 3.39. The van der Waals surface area contributed by atoms with E-state index < -0.39 is 0 Å². The molecule has 0 aromatic carbocycles. The number of thioether (sulfide) groups is 1. The molecule has 1 heterocycles. The van der Waals surface area contributed by atoms with Crippen molar-refractivity contribution < 1.29 is 0 Å². The quantitative estimate of drug-likeness (QED) is 0.785. The molecule has 0 saturated carbocycles. The summed E-state index contributed by atoms with van der Waals surface area (Å²) in [7, 11) is 2.22. The van der Waals surface area contributed by atoms with Crippen LogP contribution in [-0.4, -0.2) is 42.1 Å². The van der Waals surface area contributed by atoms with Gasteiger partial charge in [-0.1, -0.05) is 26.7 Å². The minimum Gasteiger partial charge on any atom is -0.326 e. The molecule has 1 fully saturated rings. The molecule has 0 aliphatic carbocycles. The normalized spacial score (nSPS) is 27.6. The maximum Gasteiger partial charge on any atom is 0.0335 e. The SMILES string of the molecule is CCCC(C)CC(N)C1CSCCN1C. The zero-order chi connectivity index (χ0) is 11.3. The molecule has 2 N–H and O–H groups in total. The van der Waals surface area contributed by atoms with Gasteiger partial charge in [-0.15, -0.1) is 0 Å². The molecule has 3 unspecified atom stereocenters. The minimum atomic E-state index is 0.365. The Morgan fingerprint density at radius 1 is 1.53 bits per heavy atom. The Labute approximate surface area is 99.0 Å². The van der Waals surface area contributed by atoms with Crippen molar-refractivity contribution in [1.29, 1.82) is 0 Å². The molecule has 1 aliphatic heterocycles. The van der Waals surface area contributed by atoms with E-state index in [1.807, 2.05) is 0 Å². The fourth-order valence-corrected chi connectivity index (χ4v) is 3.72. The second-order valence-electron chi connectivity index (χ2n) is 4.92. The number of hydrogen-bond donors (Lipinski definition) is 1. The van der Waals surface area contributed by atoms with Crippen molar-refractivity contribution in [1.82, 2.24) is 4.90 Å². The first kappa shape index (κ1) is 13.3. The number of nitrogens with zero attached hydrogens (tertiary/aromatic N) is 1. The molecule has 15 heavy (non-hydrogen) atoms. The molecule has 3 heteroatoms. The summed E-state index contributed by atoms with van der Waals surface area (Å²) in [5.41, 5.74) is 6.32. The van der Waals surface area contributed by atoms with Gasteiger partial charge in [0.1, 0.15) is 0 Å². The van der Waals surface area contributed by atoms with Gasteiger partial charge in [0, 0.05) is 30.1 Å². The Kier molecular flexibility index (Phi) is 6.02. The van der Waals surface area contributed by atoms with Gasteiger partial charge in [0.05, 0.1) is 0 Å². The summed E-state index contributed by atoms with van der Waals surface area (Å²) < 4.78 is 0. The van der Waals surface area contributed by atoms with Gasteiger partial charge in [0.15, 0.2) is 0 Å². The van der Waals surface area contributed by atoms with Crippen molar-refractivity contribution in [3.8, 4) is 0 Å². The van der Waals surface area contributed by atoms with E-state index in [0.717, 1.165) is 5.92 Å². The second-order valence-corrected chi connectivity index (χ2v) is 6.07. The fourth-order valence-electron chi connectivity index (χ4n) is 2.39. The predicted octanol–water partition coefficient (Wildman–Crippen LogP) is 2.19. The Morgan fingerprint density at radius 3 is 2.87 bits per heavy atom. The smallest absolute Gasteiger partial charge is 0.0335 e. The topological polar surface area (TPSA) is 29.3 Å². The van der Waals surface area contributed by atoms with E-state index in [-0.39, 0.29) is 0 Å². The van der Waals surface area contributed by atoms with Crippen LogP contribution < -0.4 is 5.73 Å². The van der Waals surface area contributed by atoms with E-state index in [0.29, 0.717) is 12.1 Å². The van der Waals surface area contributed by atoms with Crippen LogP contribution >= 0.6 is 11.8 Å². The largest absolute Gasteiger partial charge is 0.326 e. The average molecular weight is 230 g/mol. The van der Waals surface area contributed by atoms with E-state index in [4.69, 9.17) is 5.73 Å². The van der Waals surface area contributed by atoms with Crippen LogP contribution in [0, 0.1) is 5.92 Å². The highest BCUT2D eigenvalue weighted by Gasteiger charge is 2.26. The highest BCUT2D eigenvalue weighted by molar-refractivity contribution is 7.99. The maximum atomic E-state index is 6.32. The molecule has 0 aromatic rings. The van der Waals surface area contributed by atoms with Crippen LogP contribution in [0.3, 0.4) is 0 Å². The highest BCUT2D eigenvalue weighted by Crippen LogP contribution is 2.21. The van der Waals surface area contributed by atoms with E-state index in [1.54, 1.807) is 0 Å². The Hall–Kier alpha value is 0.270. The summed E-state index contributed by atoms with van der Waals surface area (Å²) >= 11 is 2.05. The van der Waals surface area contributed by atoms with Crippen LogP contribution in [0.1, 0.15) is 33.1 Å². The van der Waals surface area contributed by atoms with Crippen LogP contribution in [0.25, 0.3) is 0 Å². The van der Waals surface area contributed by atoms with E-state index in [2.05, 4.69) is 37.6 Å². The predicted molar refractivity (Wildman–Crippen MR) is 70.4 cm³/mol. The molecular weight excluding hydrogens is 204 g/mol. The molecule has 0 radical (unpaired) electrons. The number of nitrogens with two attached hydrogens (primary N) is 1.